The van der Waals surface area contributed by atoms with Crippen LogP contribution in [0, 0.1) is 24.4 Å². The van der Waals surface area contributed by atoms with Crippen molar-refractivity contribution in [1.82, 2.24) is 0 Å². The third-order valence-electron chi connectivity index (χ3n) is 2.80. The van der Waals surface area contributed by atoms with Gasteiger partial charge in [-0.25, -0.2) is 13.2 Å². The number of carbonyl (C=O) groups is 1. The van der Waals surface area contributed by atoms with E-state index in [0.717, 1.165) is 12.1 Å². The van der Waals surface area contributed by atoms with Crippen LogP contribution in [0.5, 0.6) is 0 Å². The summed E-state index contributed by atoms with van der Waals surface area (Å²) in [5, 5.41) is 0. The number of halogens is 3. The van der Waals surface area contributed by atoms with E-state index in [2.05, 4.69) is 0 Å². The van der Waals surface area contributed by atoms with Crippen LogP contribution in [0.3, 0.4) is 0 Å². The van der Waals surface area contributed by atoms with Gasteiger partial charge in [0.05, 0.1) is 5.56 Å². The average Bonchev–Trinajstić information content (AvgIpc) is 2.33. The summed E-state index contributed by atoms with van der Waals surface area (Å²) in [5.74, 6) is -2.45. The first-order valence-electron chi connectivity index (χ1n) is 5.70. The summed E-state index contributed by atoms with van der Waals surface area (Å²) < 4.78 is 39.9. The Bertz CT molecular complexity index is 635. The molecule has 19 heavy (non-hydrogen) atoms. The van der Waals surface area contributed by atoms with E-state index in [-0.39, 0.29) is 17.5 Å². The van der Waals surface area contributed by atoms with Crippen LogP contribution in [0.25, 0.3) is 0 Å². The first-order valence-corrected chi connectivity index (χ1v) is 5.70. The maximum Gasteiger partial charge on any atom is 0.170 e. The number of aryl methyl sites for hydroxylation is 1. The molecule has 0 aromatic heterocycles. The molecular formula is C15H11F3O. The molecule has 2 aromatic carbocycles. The Labute approximate surface area is 108 Å². The molecule has 2 rings (SSSR count). The second-order valence-electron chi connectivity index (χ2n) is 4.31. The lowest BCUT2D eigenvalue weighted by atomic mass is 10.0. The van der Waals surface area contributed by atoms with E-state index in [0.29, 0.717) is 5.56 Å². The minimum Gasteiger partial charge on any atom is -0.294 e. The minimum atomic E-state index is -0.764. The van der Waals surface area contributed by atoms with Gasteiger partial charge in [0.1, 0.15) is 17.5 Å². The summed E-state index contributed by atoms with van der Waals surface area (Å²) in [6, 6.07) is 7.33. The van der Waals surface area contributed by atoms with Gasteiger partial charge in [-0.3, -0.25) is 4.79 Å². The van der Waals surface area contributed by atoms with Crippen LogP contribution in [-0.2, 0) is 6.42 Å². The molecular weight excluding hydrogens is 253 g/mol. The fraction of sp³-hybridized carbons (Fsp3) is 0.133. The molecule has 98 valence electrons. The average molecular weight is 264 g/mol. The highest BCUT2D eigenvalue weighted by Gasteiger charge is 2.15. The van der Waals surface area contributed by atoms with Crippen LogP contribution >= 0.6 is 0 Å². The highest BCUT2D eigenvalue weighted by molar-refractivity contribution is 5.97. The Hall–Kier alpha value is -2.10. The van der Waals surface area contributed by atoms with Gasteiger partial charge in [0.2, 0.25) is 0 Å². The predicted molar refractivity (Wildman–Crippen MR) is 65.5 cm³/mol. The van der Waals surface area contributed by atoms with Crippen molar-refractivity contribution in [2.75, 3.05) is 0 Å². The third kappa shape index (κ3) is 3.02. The molecule has 0 heterocycles. The van der Waals surface area contributed by atoms with Gasteiger partial charge in [0.15, 0.2) is 5.78 Å². The van der Waals surface area contributed by atoms with E-state index in [1.54, 1.807) is 6.07 Å². The molecule has 0 atom stereocenters. The van der Waals surface area contributed by atoms with Gasteiger partial charge in [-0.05, 0) is 42.3 Å². The Morgan fingerprint density at radius 1 is 1.05 bits per heavy atom. The lowest BCUT2D eigenvalue weighted by Crippen LogP contribution is -2.07. The topological polar surface area (TPSA) is 17.1 Å². The lowest BCUT2D eigenvalue weighted by molar-refractivity contribution is 0.0988. The molecule has 0 aliphatic carbocycles. The normalized spacial score (nSPS) is 10.5. The standard InChI is InChI=1S/C15H11F3O/c1-9-5-14(18)12(8-13(9)17)15(19)7-10-3-2-4-11(16)6-10/h2-6,8H,7H2,1H3. The Morgan fingerprint density at radius 3 is 2.47 bits per heavy atom. The number of hydrogen-bond donors (Lipinski definition) is 0. The van der Waals surface area contributed by atoms with Gasteiger partial charge in [0.25, 0.3) is 0 Å². The zero-order valence-corrected chi connectivity index (χ0v) is 10.2. The summed E-state index contributed by atoms with van der Waals surface area (Å²) in [6.07, 6.45) is -0.169. The number of carbonyl (C=O) groups excluding carboxylic acids is 1. The fourth-order valence-corrected chi connectivity index (χ4v) is 1.79. The summed E-state index contributed by atoms with van der Waals surface area (Å²) in [6.45, 7) is 1.42. The summed E-state index contributed by atoms with van der Waals surface area (Å²) in [5.41, 5.74) is 0.248. The quantitative estimate of drug-likeness (QED) is 0.770. The first-order chi connectivity index (χ1) is 8.97. The zero-order valence-electron chi connectivity index (χ0n) is 10.2. The largest absolute Gasteiger partial charge is 0.294 e. The van der Waals surface area contributed by atoms with Gasteiger partial charge in [0, 0.05) is 6.42 Å². The minimum absolute atomic E-state index is 0.139. The van der Waals surface area contributed by atoms with Gasteiger partial charge in [-0.2, -0.15) is 0 Å². The molecule has 0 aliphatic heterocycles. The maximum atomic E-state index is 13.6. The molecule has 0 aliphatic rings. The highest BCUT2D eigenvalue weighted by atomic mass is 19.1. The Morgan fingerprint density at radius 2 is 1.79 bits per heavy atom. The van der Waals surface area contributed by atoms with E-state index < -0.39 is 23.2 Å². The molecule has 4 heteroatoms. The number of benzene rings is 2. The number of rotatable bonds is 3. The highest BCUT2D eigenvalue weighted by Crippen LogP contribution is 2.17. The summed E-state index contributed by atoms with van der Waals surface area (Å²) in [4.78, 5) is 11.9. The molecule has 0 saturated heterocycles. The van der Waals surface area contributed by atoms with Crippen molar-refractivity contribution in [3.05, 3.63) is 70.5 Å². The van der Waals surface area contributed by atoms with Crippen LogP contribution in [0.4, 0.5) is 13.2 Å². The molecule has 0 spiro atoms. The Balaban J connectivity index is 2.28. The van der Waals surface area contributed by atoms with E-state index >= 15 is 0 Å². The summed E-state index contributed by atoms with van der Waals surface area (Å²) in [7, 11) is 0. The second-order valence-corrected chi connectivity index (χ2v) is 4.31. The zero-order chi connectivity index (χ0) is 14.0. The molecule has 0 unspecified atom stereocenters. The second kappa shape index (κ2) is 5.26. The van der Waals surface area contributed by atoms with Crippen molar-refractivity contribution in [1.29, 1.82) is 0 Å². The van der Waals surface area contributed by atoms with Crippen LogP contribution in [0.15, 0.2) is 36.4 Å². The molecule has 1 nitrogen and oxygen atoms in total. The number of Topliss-reactive ketones (excluding diaryl/α,β-unsaturated/α-hetero) is 1. The van der Waals surface area contributed by atoms with Crippen molar-refractivity contribution in [3.8, 4) is 0 Å². The molecule has 0 fully saturated rings. The van der Waals surface area contributed by atoms with Crippen LogP contribution in [0.1, 0.15) is 21.5 Å². The molecule has 0 radical (unpaired) electrons. The predicted octanol–water partition coefficient (Wildman–Crippen LogP) is 3.84. The first kappa shape index (κ1) is 13.3. The van der Waals surface area contributed by atoms with E-state index in [9.17, 15) is 18.0 Å². The van der Waals surface area contributed by atoms with Crippen LogP contribution < -0.4 is 0 Å². The van der Waals surface area contributed by atoms with Crippen molar-refractivity contribution in [2.24, 2.45) is 0 Å². The molecule has 0 saturated carbocycles. The fourth-order valence-electron chi connectivity index (χ4n) is 1.79. The van der Waals surface area contributed by atoms with Crippen molar-refractivity contribution < 1.29 is 18.0 Å². The van der Waals surface area contributed by atoms with E-state index in [4.69, 9.17) is 0 Å². The van der Waals surface area contributed by atoms with Crippen molar-refractivity contribution >= 4 is 5.78 Å². The third-order valence-corrected chi connectivity index (χ3v) is 2.80. The van der Waals surface area contributed by atoms with Gasteiger partial charge < -0.3 is 0 Å². The van der Waals surface area contributed by atoms with Gasteiger partial charge in [-0.15, -0.1) is 0 Å². The molecule has 2 aromatic rings. The molecule has 0 amide bonds. The summed E-state index contributed by atoms with van der Waals surface area (Å²) >= 11 is 0. The monoisotopic (exact) mass is 264 g/mol. The maximum absolute atomic E-state index is 13.6. The van der Waals surface area contributed by atoms with E-state index in [1.165, 1.54) is 25.1 Å². The van der Waals surface area contributed by atoms with Crippen molar-refractivity contribution in [2.45, 2.75) is 13.3 Å². The van der Waals surface area contributed by atoms with Crippen LogP contribution in [0.2, 0.25) is 0 Å². The van der Waals surface area contributed by atoms with Crippen LogP contribution in [-0.4, -0.2) is 5.78 Å². The number of hydrogen-bond acceptors (Lipinski definition) is 1. The molecule has 0 N–H and O–H groups in total. The van der Waals surface area contributed by atoms with E-state index in [1.807, 2.05) is 0 Å². The molecule has 0 bridgehead atoms. The Kier molecular flexibility index (Phi) is 3.69. The lowest BCUT2D eigenvalue weighted by Gasteiger charge is -2.05. The van der Waals surface area contributed by atoms with Gasteiger partial charge >= 0.3 is 0 Å². The number of ketones is 1. The van der Waals surface area contributed by atoms with Crippen molar-refractivity contribution in [3.63, 3.8) is 0 Å². The van der Waals surface area contributed by atoms with Gasteiger partial charge in [-0.1, -0.05) is 12.1 Å². The SMILES string of the molecule is Cc1cc(F)c(C(=O)Cc2cccc(F)c2)cc1F. The smallest absolute Gasteiger partial charge is 0.170 e.